The second-order valence-corrected chi connectivity index (χ2v) is 6.40. The smallest absolute Gasteiger partial charge is 0.0552 e. The largest absolute Gasteiger partial charge is 0.393 e. The van der Waals surface area contributed by atoms with Crippen molar-refractivity contribution in [3.8, 4) is 0 Å². The highest BCUT2D eigenvalue weighted by Crippen LogP contribution is 2.41. The Labute approximate surface area is 119 Å². The predicted octanol–water partition coefficient (Wildman–Crippen LogP) is 2.86. The molecule has 20 heavy (non-hydrogen) atoms. The first-order chi connectivity index (χ1) is 9.74. The van der Waals surface area contributed by atoms with Crippen LogP contribution in [0, 0.1) is 5.92 Å². The van der Waals surface area contributed by atoms with Crippen molar-refractivity contribution in [1.29, 1.82) is 0 Å². The highest BCUT2D eigenvalue weighted by atomic mass is 16.3. The summed E-state index contributed by atoms with van der Waals surface area (Å²) >= 11 is 0. The number of para-hydroxylation sites is 1. The van der Waals surface area contributed by atoms with Crippen molar-refractivity contribution in [3.63, 3.8) is 0 Å². The van der Waals surface area contributed by atoms with Crippen molar-refractivity contribution in [3.05, 3.63) is 35.5 Å². The topological polar surface area (TPSA) is 39.3 Å². The maximum absolute atomic E-state index is 9.84. The first-order valence-electron chi connectivity index (χ1n) is 7.75. The van der Waals surface area contributed by atoms with Gasteiger partial charge in [-0.15, -0.1) is 0 Å². The van der Waals surface area contributed by atoms with Crippen LogP contribution in [-0.2, 0) is 6.42 Å². The fourth-order valence-corrected chi connectivity index (χ4v) is 4.07. The number of piperidine rings is 1. The summed E-state index contributed by atoms with van der Waals surface area (Å²) in [7, 11) is 0. The summed E-state index contributed by atoms with van der Waals surface area (Å²) < 4.78 is 0. The molecule has 2 N–H and O–H groups in total. The molecule has 3 nitrogen and oxygen atoms in total. The number of H-pyrrole nitrogens is 1. The molecule has 1 saturated heterocycles. The maximum atomic E-state index is 9.84. The van der Waals surface area contributed by atoms with E-state index in [4.69, 9.17) is 0 Å². The lowest BCUT2D eigenvalue weighted by molar-refractivity contribution is 0.0289. The lowest BCUT2D eigenvalue weighted by Gasteiger charge is -2.43. The molecule has 3 heterocycles. The minimum atomic E-state index is -0.180. The lowest BCUT2D eigenvalue weighted by atomic mass is 9.84. The molecule has 2 aliphatic rings. The minimum Gasteiger partial charge on any atom is -0.393 e. The summed E-state index contributed by atoms with van der Waals surface area (Å²) in [6, 6.07) is 9.18. The van der Waals surface area contributed by atoms with E-state index in [1.165, 1.54) is 22.2 Å². The summed E-state index contributed by atoms with van der Waals surface area (Å²) in [5, 5.41) is 11.2. The molecule has 0 radical (unpaired) electrons. The van der Waals surface area contributed by atoms with Crippen LogP contribution in [0.15, 0.2) is 24.3 Å². The van der Waals surface area contributed by atoms with E-state index in [-0.39, 0.29) is 6.10 Å². The summed E-state index contributed by atoms with van der Waals surface area (Å²) in [6.45, 7) is 4.10. The average molecular weight is 270 g/mol. The monoisotopic (exact) mass is 270 g/mol. The number of benzene rings is 1. The van der Waals surface area contributed by atoms with Gasteiger partial charge in [0.25, 0.3) is 0 Å². The molecule has 0 bridgehead atoms. The number of fused-ring (bicyclic) bond motifs is 5. The number of hydrogen-bond donors (Lipinski definition) is 2. The van der Waals surface area contributed by atoms with Gasteiger partial charge in [0, 0.05) is 29.7 Å². The Kier molecular flexibility index (Phi) is 2.86. The molecule has 2 aromatic rings. The van der Waals surface area contributed by atoms with Crippen LogP contribution >= 0.6 is 0 Å². The molecule has 4 rings (SSSR count). The molecule has 0 aliphatic carbocycles. The molecule has 1 aromatic heterocycles. The second kappa shape index (κ2) is 4.61. The molecular formula is C17H22N2O. The van der Waals surface area contributed by atoms with Gasteiger partial charge in [0.15, 0.2) is 0 Å². The summed E-state index contributed by atoms with van der Waals surface area (Å²) in [5.74, 6) is 0.442. The van der Waals surface area contributed by atoms with Crippen molar-refractivity contribution in [2.45, 2.75) is 38.3 Å². The van der Waals surface area contributed by atoms with Gasteiger partial charge in [-0.3, -0.25) is 4.90 Å². The Hall–Kier alpha value is -1.32. The van der Waals surface area contributed by atoms with Crippen LogP contribution in [0.25, 0.3) is 10.9 Å². The molecule has 3 heteroatoms. The third kappa shape index (κ3) is 1.80. The molecule has 0 unspecified atom stereocenters. The standard InChI is InChI=1S/C17H22N2O/c1-11(20)12-6-7-16-17-14(8-9-19(16)10-12)13-4-2-3-5-15(13)18-17/h2-5,11-12,16,18,20H,6-10H2,1H3/t11-,12-,16-/m1/s1. The third-order valence-electron chi connectivity index (χ3n) is 5.23. The van der Waals surface area contributed by atoms with Gasteiger partial charge in [0.1, 0.15) is 0 Å². The van der Waals surface area contributed by atoms with E-state index in [0.29, 0.717) is 12.0 Å². The molecule has 0 amide bonds. The maximum Gasteiger partial charge on any atom is 0.0552 e. The first-order valence-corrected chi connectivity index (χ1v) is 7.75. The van der Waals surface area contributed by atoms with Crippen LogP contribution < -0.4 is 0 Å². The molecule has 3 atom stereocenters. The van der Waals surface area contributed by atoms with Crippen molar-refractivity contribution >= 4 is 10.9 Å². The SMILES string of the molecule is C[C@@H](O)[C@@H]1CC[C@@H]2c3[nH]c4ccccc4c3CCN2C1. The van der Waals surface area contributed by atoms with Gasteiger partial charge in [0.05, 0.1) is 12.1 Å². The van der Waals surface area contributed by atoms with E-state index in [2.05, 4.69) is 34.1 Å². The Morgan fingerprint density at radius 3 is 3.00 bits per heavy atom. The van der Waals surface area contributed by atoms with Gasteiger partial charge in [-0.25, -0.2) is 0 Å². The fraction of sp³-hybridized carbons (Fsp3) is 0.529. The summed E-state index contributed by atoms with van der Waals surface area (Å²) in [6.07, 6.45) is 3.24. The van der Waals surface area contributed by atoms with E-state index >= 15 is 0 Å². The van der Waals surface area contributed by atoms with Gasteiger partial charge >= 0.3 is 0 Å². The quantitative estimate of drug-likeness (QED) is 0.836. The van der Waals surface area contributed by atoms with Crippen LogP contribution in [0.3, 0.4) is 0 Å². The third-order valence-corrected chi connectivity index (χ3v) is 5.23. The predicted molar refractivity (Wildman–Crippen MR) is 80.7 cm³/mol. The van der Waals surface area contributed by atoms with Gasteiger partial charge < -0.3 is 10.1 Å². The van der Waals surface area contributed by atoms with Gasteiger partial charge in [0.2, 0.25) is 0 Å². The molecule has 1 fully saturated rings. The zero-order valence-corrected chi connectivity index (χ0v) is 12.0. The van der Waals surface area contributed by atoms with Gasteiger partial charge in [-0.05, 0) is 43.7 Å². The molecule has 1 aromatic carbocycles. The highest BCUT2D eigenvalue weighted by Gasteiger charge is 2.36. The summed E-state index contributed by atoms with van der Waals surface area (Å²) in [5.41, 5.74) is 4.23. The number of nitrogens with one attached hydrogen (secondary N) is 1. The molecule has 106 valence electrons. The van der Waals surface area contributed by atoms with E-state index in [1.54, 1.807) is 0 Å². The number of rotatable bonds is 1. The lowest BCUT2D eigenvalue weighted by Crippen LogP contribution is -2.44. The number of aromatic amines is 1. The van der Waals surface area contributed by atoms with Crippen molar-refractivity contribution in [2.75, 3.05) is 13.1 Å². The highest BCUT2D eigenvalue weighted by molar-refractivity contribution is 5.85. The van der Waals surface area contributed by atoms with E-state index in [9.17, 15) is 5.11 Å². The van der Waals surface area contributed by atoms with Gasteiger partial charge in [-0.1, -0.05) is 18.2 Å². The van der Waals surface area contributed by atoms with Crippen LogP contribution in [0.4, 0.5) is 0 Å². The Morgan fingerprint density at radius 2 is 2.15 bits per heavy atom. The zero-order chi connectivity index (χ0) is 13.7. The number of aromatic nitrogens is 1. The Morgan fingerprint density at radius 1 is 1.30 bits per heavy atom. The molecular weight excluding hydrogens is 248 g/mol. The first kappa shape index (κ1) is 12.4. The van der Waals surface area contributed by atoms with E-state index in [0.717, 1.165) is 32.4 Å². The van der Waals surface area contributed by atoms with Crippen LogP contribution in [-0.4, -0.2) is 34.2 Å². The van der Waals surface area contributed by atoms with Crippen LogP contribution in [0.5, 0.6) is 0 Å². The fourth-order valence-electron chi connectivity index (χ4n) is 4.07. The number of hydrogen-bond acceptors (Lipinski definition) is 2. The molecule has 0 saturated carbocycles. The van der Waals surface area contributed by atoms with Crippen molar-refractivity contribution in [1.82, 2.24) is 9.88 Å². The van der Waals surface area contributed by atoms with Crippen molar-refractivity contribution < 1.29 is 5.11 Å². The second-order valence-electron chi connectivity index (χ2n) is 6.40. The van der Waals surface area contributed by atoms with Crippen LogP contribution in [0.2, 0.25) is 0 Å². The number of nitrogens with zero attached hydrogens (tertiary/aromatic N) is 1. The van der Waals surface area contributed by atoms with Crippen molar-refractivity contribution in [2.24, 2.45) is 5.92 Å². The Balaban J connectivity index is 1.71. The average Bonchev–Trinajstić information content (AvgIpc) is 2.85. The minimum absolute atomic E-state index is 0.180. The number of aliphatic hydroxyl groups excluding tert-OH is 1. The van der Waals surface area contributed by atoms with E-state index < -0.39 is 0 Å². The number of aliphatic hydroxyl groups is 1. The molecule has 0 spiro atoms. The Bertz CT molecular complexity index is 631. The summed E-state index contributed by atoms with van der Waals surface area (Å²) in [4.78, 5) is 6.22. The van der Waals surface area contributed by atoms with Gasteiger partial charge in [-0.2, -0.15) is 0 Å². The normalized spacial score (nSPS) is 28.1. The van der Waals surface area contributed by atoms with E-state index in [1.807, 2.05) is 6.92 Å². The van der Waals surface area contributed by atoms with Crippen LogP contribution in [0.1, 0.15) is 37.1 Å². The zero-order valence-electron chi connectivity index (χ0n) is 12.0. The molecule has 2 aliphatic heterocycles.